The molecule has 2 nitrogen and oxygen atoms in total. The van der Waals surface area contributed by atoms with Gasteiger partial charge in [-0.25, -0.2) is 4.57 Å². The van der Waals surface area contributed by atoms with Gasteiger partial charge in [-0.2, -0.15) is 0 Å². The number of aryl methyl sites for hydroxylation is 2. The first-order chi connectivity index (χ1) is 19.7. The van der Waals surface area contributed by atoms with E-state index in [2.05, 4.69) is 35.8 Å². The molecule has 186 valence electrons. The van der Waals surface area contributed by atoms with Gasteiger partial charge >= 0.3 is 0 Å². The highest BCUT2D eigenvalue weighted by atomic mass is 16.3. The van der Waals surface area contributed by atoms with Gasteiger partial charge < -0.3 is 4.42 Å². The molecule has 1 atom stereocenters. The lowest BCUT2D eigenvalue weighted by Gasteiger charge is -2.34. The standard InChI is InChI=1S/C35H36NO/c1-23-17-19-31-30-15-9-14-29(34(30)37-35(31)33(23)32-16-6-7-21-36(32)2)28-13-8-12-26-22-25(18-20-27(26)28)24-10-4-3-5-11-24/h6-9,12-17,19,21,24-25H,3-5,10-11,18,20,22H2,1-2H3/q+1/i20D2,22D2. The molecule has 2 aliphatic rings. The molecule has 5 aromatic rings. The number of furan rings is 1. The summed E-state index contributed by atoms with van der Waals surface area (Å²) in [5.41, 5.74) is 7.28. The molecule has 0 amide bonds. The van der Waals surface area contributed by atoms with Crippen LogP contribution < -0.4 is 4.57 Å². The van der Waals surface area contributed by atoms with Gasteiger partial charge in [0, 0.05) is 34.0 Å². The zero-order chi connectivity index (χ0) is 28.5. The molecule has 0 radical (unpaired) electrons. The molecular weight excluding hydrogens is 450 g/mol. The third-order valence-corrected chi connectivity index (χ3v) is 8.60. The normalized spacial score (nSPS) is 22.7. The monoisotopic (exact) mass is 490 g/mol. The van der Waals surface area contributed by atoms with Crippen molar-refractivity contribution in [3.05, 3.63) is 89.6 Å². The number of para-hydroxylation sites is 1. The van der Waals surface area contributed by atoms with E-state index < -0.39 is 12.7 Å². The van der Waals surface area contributed by atoms with Crippen molar-refractivity contribution in [3.63, 3.8) is 0 Å². The van der Waals surface area contributed by atoms with Gasteiger partial charge in [0.2, 0.25) is 5.69 Å². The van der Waals surface area contributed by atoms with E-state index >= 15 is 0 Å². The summed E-state index contributed by atoms with van der Waals surface area (Å²) in [5.74, 6) is -0.0925. The van der Waals surface area contributed by atoms with E-state index in [4.69, 9.17) is 4.42 Å². The molecule has 37 heavy (non-hydrogen) atoms. The van der Waals surface area contributed by atoms with Crippen molar-refractivity contribution in [2.75, 3.05) is 0 Å². The number of hydrogen-bond donors (Lipinski definition) is 0. The molecule has 0 aliphatic heterocycles. The Morgan fingerprint density at radius 2 is 1.59 bits per heavy atom. The van der Waals surface area contributed by atoms with Crippen LogP contribution in [0.3, 0.4) is 0 Å². The van der Waals surface area contributed by atoms with E-state index in [0.717, 1.165) is 70.0 Å². The fraction of sp³-hybridized carbons (Fsp3) is 0.343. The quantitative estimate of drug-likeness (QED) is 0.231. The molecule has 1 fully saturated rings. The Morgan fingerprint density at radius 3 is 2.46 bits per heavy atom. The maximum absolute atomic E-state index is 9.33. The van der Waals surface area contributed by atoms with E-state index in [1.807, 2.05) is 55.7 Å². The maximum atomic E-state index is 9.33. The second-order valence-corrected chi connectivity index (χ2v) is 10.9. The Hall–Kier alpha value is -3.39. The van der Waals surface area contributed by atoms with Crippen molar-refractivity contribution >= 4 is 21.9 Å². The Balaban J connectivity index is 1.45. The molecule has 0 saturated heterocycles. The number of pyridine rings is 1. The van der Waals surface area contributed by atoms with E-state index in [-0.39, 0.29) is 18.3 Å². The second kappa shape index (κ2) is 9.17. The first kappa shape index (κ1) is 18.8. The predicted octanol–water partition coefficient (Wildman–Crippen LogP) is 8.74. The van der Waals surface area contributed by atoms with Crippen LogP contribution in [0.25, 0.3) is 44.3 Å². The first-order valence-electron chi connectivity index (χ1n) is 15.7. The molecular formula is C35H36NO+. The summed E-state index contributed by atoms with van der Waals surface area (Å²) in [6, 6.07) is 22.1. The lowest BCUT2D eigenvalue weighted by molar-refractivity contribution is -0.660. The van der Waals surface area contributed by atoms with Gasteiger partial charge in [0.1, 0.15) is 18.2 Å². The summed E-state index contributed by atoms with van der Waals surface area (Å²) >= 11 is 0. The molecule has 2 heteroatoms. The third-order valence-electron chi connectivity index (χ3n) is 8.60. The Kier molecular flexibility index (Phi) is 4.66. The molecule has 1 unspecified atom stereocenters. The number of fused-ring (bicyclic) bond motifs is 4. The molecule has 0 bridgehead atoms. The minimum Gasteiger partial charge on any atom is -0.454 e. The van der Waals surface area contributed by atoms with Crippen LogP contribution in [0.4, 0.5) is 0 Å². The number of aromatic nitrogens is 1. The minimum absolute atomic E-state index is 0.207. The van der Waals surface area contributed by atoms with E-state index in [1.165, 1.54) is 6.42 Å². The summed E-state index contributed by atoms with van der Waals surface area (Å²) in [4.78, 5) is 0. The predicted molar refractivity (Wildman–Crippen MR) is 153 cm³/mol. The Bertz CT molecular complexity index is 1800. The smallest absolute Gasteiger partial charge is 0.216 e. The summed E-state index contributed by atoms with van der Waals surface area (Å²) < 4.78 is 46.1. The first-order valence-corrected chi connectivity index (χ1v) is 13.7. The van der Waals surface area contributed by atoms with E-state index in [1.54, 1.807) is 0 Å². The molecule has 0 spiro atoms. The minimum atomic E-state index is -1.65. The van der Waals surface area contributed by atoms with Crippen LogP contribution in [-0.4, -0.2) is 0 Å². The summed E-state index contributed by atoms with van der Waals surface area (Å²) in [7, 11) is 2.04. The van der Waals surface area contributed by atoms with Crippen molar-refractivity contribution in [1.82, 2.24) is 0 Å². The zero-order valence-electron chi connectivity index (χ0n) is 25.7. The highest BCUT2D eigenvalue weighted by Crippen LogP contribution is 2.44. The van der Waals surface area contributed by atoms with Gasteiger partial charge in [-0.1, -0.05) is 80.6 Å². The van der Waals surface area contributed by atoms with Crippen molar-refractivity contribution in [1.29, 1.82) is 0 Å². The van der Waals surface area contributed by atoms with Gasteiger partial charge in [-0.15, -0.1) is 0 Å². The summed E-state index contributed by atoms with van der Waals surface area (Å²) in [5, 5.41) is 2.00. The van der Waals surface area contributed by atoms with Crippen LogP contribution in [0.1, 0.15) is 60.7 Å². The van der Waals surface area contributed by atoms with Crippen molar-refractivity contribution in [2.45, 2.75) is 58.2 Å². The van der Waals surface area contributed by atoms with Crippen molar-refractivity contribution in [3.8, 4) is 22.4 Å². The summed E-state index contributed by atoms with van der Waals surface area (Å²) in [6.07, 6.45) is 4.43. The van der Waals surface area contributed by atoms with Gasteiger partial charge in [-0.3, -0.25) is 0 Å². The lowest BCUT2D eigenvalue weighted by atomic mass is 9.71. The average Bonchev–Trinajstić information content (AvgIpc) is 3.35. The topological polar surface area (TPSA) is 17.0 Å². The third kappa shape index (κ3) is 3.81. The lowest BCUT2D eigenvalue weighted by Crippen LogP contribution is -2.30. The van der Waals surface area contributed by atoms with E-state index in [0.29, 0.717) is 16.7 Å². The fourth-order valence-electron chi connectivity index (χ4n) is 6.65. The number of benzene rings is 3. The SMILES string of the molecule is [2H]C1([2H])CC(C2CCCCC2)C([2H])([2H])c2cccc(-c3cccc4c3oc3c(-c5cccc[n+]5C)c(C)ccc34)c21. The number of hydrogen-bond acceptors (Lipinski definition) is 1. The largest absolute Gasteiger partial charge is 0.454 e. The Morgan fingerprint density at radius 1 is 0.784 bits per heavy atom. The molecule has 2 aromatic heterocycles. The number of rotatable bonds is 3. The molecule has 3 aromatic carbocycles. The van der Waals surface area contributed by atoms with Crippen LogP contribution in [0.15, 0.2) is 77.3 Å². The van der Waals surface area contributed by atoms with Crippen LogP contribution in [0, 0.1) is 18.8 Å². The van der Waals surface area contributed by atoms with Gasteiger partial charge in [-0.05, 0) is 66.2 Å². The van der Waals surface area contributed by atoms with Crippen molar-refractivity contribution in [2.24, 2.45) is 18.9 Å². The fourth-order valence-corrected chi connectivity index (χ4v) is 6.65. The summed E-state index contributed by atoms with van der Waals surface area (Å²) in [6.45, 7) is 2.10. The van der Waals surface area contributed by atoms with Crippen LogP contribution in [-0.2, 0) is 19.8 Å². The second-order valence-electron chi connectivity index (χ2n) is 10.9. The molecule has 2 aliphatic carbocycles. The maximum Gasteiger partial charge on any atom is 0.216 e. The zero-order valence-corrected chi connectivity index (χ0v) is 21.7. The average molecular weight is 491 g/mol. The highest BCUT2D eigenvalue weighted by Gasteiger charge is 2.29. The van der Waals surface area contributed by atoms with Crippen LogP contribution >= 0.6 is 0 Å². The van der Waals surface area contributed by atoms with Crippen LogP contribution in [0.5, 0.6) is 0 Å². The Labute approximate surface area is 225 Å². The van der Waals surface area contributed by atoms with E-state index in [9.17, 15) is 5.48 Å². The molecule has 7 rings (SSSR count). The molecule has 1 saturated carbocycles. The van der Waals surface area contributed by atoms with Gasteiger partial charge in [0.15, 0.2) is 6.20 Å². The van der Waals surface area contributed by atoms with Crippen molar-refractivity contribution < 1.29 is 14.5 Å². The van der Waals surface area contributed by atoms with Gasteiger partial charge in [0.05, 0.1) is 5.56 Å². The van der Waals surface area contributed by atoms with Gasteiger partial charge in [0.25, 0.3) is 0 Å². The van der Waals surface area contributed by atoms with Crippen LogP contribution in [0.2, 0.25) is 0 Å². The molecule has 0 N–H and O–H groups in total. The number of nitrogens with zero attached hydrogens (tertiary/aromatic N) is 1. The molecule has 2 heterocycles. The highest BCUT2D eigenvalue weighted by molar-refractivity contribution is 6.13.